The summed E-state index contributed by atoms with van der Waals surface area (Å²) in [6.07, 6.45) is 6.76. The topological polar surface area (TPSA) is 72.1 Å². The third kappa shape index (κ3) is 5.50. The van der Waals surface area contributed by atoms with Crippen LogP contribution in [0.25, 0.3) is 0 Å². The summed E-state index contributed by atoms with van der Waals surface area (Å²) in [4.78, 5) is 19.9. The van der Waals surface area contributed by atoms with Gasteiger partial charge in [-0.2, -0.15) is 0 Å². The molecular formula is C13H16N4OS. The SMILES string of the molecule is CN(C(=O)S)c1cccnc1.NCc1cccnc1. The van der Waals surface area contributed by atoms with Crippen molar-refractivity contribution in [3.8, 4) is 0 Å². The zero-order chi connectivity index (χ0) is 14.1. The molecule has 0 aliphatic heterocycles. The van der Waals surface area contributed by atoms with Crippen molar-refractivity contribution < 1.29 is 4.79 Å². The lowest BCUT2D eigenvalue weighted by atomic mass is 10.3. The van der Waals surface area contributed by atoms with Gasteiger partial charge in [0, 0.05) is 32.2 Å². The summed E-state index contributed by atoms with van der Waals surface area (Å²) >= 11 is 3.66. The number of thiol groups is 1. The number of hydrogen-bond donors (Lipinski definition) is 2. The van der Waals surface area contributed by atoms with Crippen LogP contribution < -0.4 is 10.6 Å². The van der Waals surface area contributed by atoms with E-state index in [0.29, 0.717) is 6.54 Å². The van der Waals surface area contributed by atoms with Crippen molar-refractivity contribution in [2.75, 3.05) is 11.9 Å². The normalized spacial score (nSPS) is 9.21. The highest BCUT2D eigenvalue weighted by molar-refractivity contribution is 7.96. The molecule has 0 aromatic carbocycles. The van der Waals surface area contributed by atoms with Crippen molar-refractivity contribution in [1.29, 1.82) is 0 Å². The van der Waals surface area contributed by atoms with Gasteiger partial charge in [0.05, 0.1) is 11.9 Å². The van der Waals surface area contributed by atoms with Crippen molar-refractivity contribution in [1.82, 2.24) is 9.97 Å². The van der Waals surface area contributed by atoms with Crippen LogP contribution >= 0.6 is 12.6 Å². The molecule has 0 saturated carbocycles. The standard InChI is InChI=1S/C7H8N2OS.C6H8N2/c1-9(7(10)11)6-3-2-4-8-5-6;7-4-6-2-1-3-8-5-6/h2-5H,1H3,(H,10,11);1-3,5H,4,7H2. The second-order valence-corrected chi connectivity index (χ2v) is 4.00. The van der Waals surface area contributed by atoms with Gasteiger partial charge in [0.2, 0.25) is 0 Å². The van der Waals surface area contributed by atoms with Crippen LogP contribution in [0, 0.1) is 0 Å². The molecule has 0 aliphatic carbocycles. The second kappa shape index (κ2) is 8.23. The van der Waals surface area contributed by atoms with Crippen LogP contribution in [0.3, 0.4) is 0 Å². The minimum atomic E-state index is -0.294. The van der Waals surface area contributed by atoms with E-state index in [2.05, 4.69) is 22.6 Å². The molecule has 0 radical (unpaired) electrons. The predicted molar refractivity (Wildman–Crippen MR) is 79.2 cm³/mol. The number of hydrogen-bond acceptors (Lipinski definition) is 4. The van der Waals surface area contributed by atoms with Crippen molar-refractivity contribution in [3.05, 3.63) is 54.6 Å². The Morgan fingerprint density at radius 3 is 2.26 bits per heavy atom. The molecule has 2 rings (SSSR count). The monoisotopic (exact) mass is 276 g/mol. The lowest BCUT2D eigenvalue weighted by Gasteiger charge is -2.12. The average Bonchev–Trinajstić information content (AvgIpc) is 2.48. The van der Waals surface area contributed by atoms with E-state index in [9.17, 15) is 4.79 Å². The molecule has 2 aromatic heterocycles. The molecule has 2 aromatic rings. The van der Waals surface area contributed by atoms with Gasteiger partial charge in [-0.15, -0.1) is 0 Å². The number of rotatable bonds is 2. The molecule has 100 valence electrons. The van der Waals surface area contributed by atoms with Crippen LogP contribution in [0.2, 0.25) is 0 Å². The smallest absolute Gasteiger partial charge is 0.282 e. The van der Waals surface area contributed by atoms with Crippen molar-refractivity contribution >= 4 is 23.6 Å². The maximum absolute atomic E-state index is 10.7. The number of nitrogens with two attached hydrogens (primary N) is 1. The van der Waals surface area contributed by atoms with Gasteiger partial charge in [-0.25, -0.2) is 0 Å². The van der Waals surface area contributed by atoms with Crippen LogP contribution in [-0.4, -0.2) is 22.3 Å². The predicted octanol–water partition coefficient (Wildman–Crippen LogP) is 2.11. The minimum absolute atomic E-state index is 0.294. The van der Waals surface area contributed by atoms with Crippen molar-refractivity contribution in [2.24, 2.45) is 5.73 Å². The molecule has 5 nitrogen and oxygen atoms in total. The van der Waals surface area contributed by atoms with E-state index in [-0.39, 0.29) is 5.24 Å². The number of pyridine rings is 2. The lowest BCUT2D eigenvalue weighted by Crippen LogP contribution is -2.19. The summed E-state index contributed by atoms with van der Waals surface area (Å²) in [6, 6.07) is 7.39. The Labute approximate surface area is 117 Å². The Balaban J connectivity index is 0.000000200. The molecule has 0 bridgehead atoms. The van der Waals surface area contributed by atoms with E-state index in [0.717, 1.165) is 11.3 Å². The highest BCUT2D eigenvalue weighted by Crippen LogP contribution is 2.10. The summed E-state index contributed by atoms with van der Waals surface area (Å²) in [7, 11) is 1.65. The largest absolute Gasteiger partial charge is 0.326 e. The van der Waals surface area contributed by atoms with Gasteiger partial charge in [-0.1, -0.05) is 18.7 Å². The number of aromatic nitrogens is 2. The van der Waals surface area contributed by atoms with Crippen LogP contribution in [0.4, 0.5) is 10.5 Å². The molecule has 1 amide bonds. The number of amides is 1. The first-order valence-corrected chi connectivity index (χ1v) is 6.05. The average molecular weight is 276 g/mol. The molecule has 19 heavy (non-hydrogen) atoms. The van der Waals surface area contributed by atoms with E-state index in [1.54, 1.807) is 44.0 Å². The molecule has 6 heteroatoms. The first-order valence-electron chi connectivity index (χ1n) is 5.60. The van der Waals surface area contributed by atoms with Gasteiger partial charge >= 0.3 is 0 Å². The molecule has 2 N–H and O–H groups in total. The number of carbonyl (C=O) groups is 1. The van der Waals surface area contributed by atoms with E-state index in [1.165, 1.54) is 4.90 Å². The highest BCUT2D eigenvalue weighted by atomic mass is 32.1. The summed E-state index contributed by atoms with van der Waals surface area (Å²) in [6.45, 7) is 0.577. The number of anilines is 1. The fourth-order valence-corrected chi connectivity index (χ4v) is 1.30. The highest BCUT2D eigenvalue weighted by Gasteiger charge is 2.04. The molecule has 0 fully saturated rings. The minimum Gasteiger partial charge on any atom is -0.326 e. The number of carbonyl (C=O) groups excluding carboxylic acids is 1. The van der Waals surface area contributed by atoms with Gasteiger partial charge in [0.1, 0.15) is 0 Å². The Morgan fingerprint density at radius 1 is 1.26 bits per heavy atom. The Bertz CT molecular complexity index is 493. The third-order valence-electron chi connectivity index (χ3n) is 2.28. The molecule has 0 atom stereocenters. The maximum atomic E-state index is 10.7. The molecule has 2 heterocycles. The summed E-state index contributed by atoms with van der Waals surface area (Å²) in [5, 5.41) is -0.294. The van der Waals surface area contributed by atoms with Gasteiger partial charge in [-0.3, -0.25) is 14.8 Å². The molecule has 0 spiro atoms. The van der Waals surface area contributed by atoms with E-state index in [1.807, 2.05) is 12.1 Å². The summed E-state index contributed by atoms with van der Waals surface area (Å²) < 4.78 is 0. The lowest BCUT2D eigenvalue weighted by molar-refractivity contribution is 0.266. The zero-order valence-corrected chi connectivity index (χ0v) is 11.5. The van der Waals surface area contributed by atoms with Crippen LogP contribution in [0.5, 0.6) is 0 Å². The molecule has 0 unspecified atom stereocenters. The fraction of sp³-hybridized carbons (Fsp3) is 0.154. The quantitative estimate of drug-likeness (QED) is 0.824. The van der Waals surface area contributed by atoms with Crippen LogP contribution in [0.15, 0.2) is 49.1 Å². The van der Waals surface area contributed by atoms with Gasteiger partial charge in [0.15, 0.2) is 0 Å². The van der Waals surface area contributed by atoms with Crippen LogP contribution in [-0.2, 0) is 6.54 Å². The fourth-order valence-electron chi connectivity index (χ4n) is 1.18. The van der Waals surface area contributed by atoms with Crippen molar-refractivity contribution in [3.63, 3.8) is 0 Å². The molecule has 0 saturated heterocycles. The second-order valence-electron chi connectivity index (χ2n) is 3.62. The van der Waals surface area contributed by atoms with Crippen LogP contribution in [0.1, 0.15) is 5.56 Å². The molecule has 0 aliphatic rings. The van der Waals surface area contributed by atoms with Crippen molar-refractivity contribution in [2.45, 2.75) is 6.54 Å². The zero-order valence-electron chi connectivity index (χ0n) is 10.6. The Morgan fingerprint density at radius 2 is 1.89 bits per heavy atom. The summed E-state index contributed by atoms with van der Waals surface area (Å²) in [5.41, 5.74) is 7.13. The van der Waals surface area contributed by atoms with E-state index >= 15 is 0 Å². The number of nitrogens with zero attached hydrogens (tertiary/aromatic N) is 3. The van der Waals surface area contributed by atoms with Gasteiger partial charge < -0.3 is 10.6 Å². The summed E-state index contributed by atoms with van der Waals surface area (Å²) in [5.74, 6) is 0. The van der Waals surface area contributed by atoms with Gasteiger partial charge in [0.25, 0.3) is 5.24 Å². The van der Waals surface area contributed by atoms with E-state index < -0.39 is 0 Å². The first kappa shape index (κ1) is 15.1. The first-order chi connectivity index (χ1) is 9.15. The van der Waals surface area contributed by atoms with E-state index in [4.69, 9.17) is 5.73 Å². The third-order valence-corrected chi connectivity index (χ3v) is 2.58. The van der Waals surface area contributed by atoms with Gasteiger partial charge in [-0.05, 0) is 23.8 Å². The molecular weight excluding hydrogens is 260 g/mol. The maximum Gasteiger partial charge on any atom is 0.282 e. The Kier molecular flexibility index (Phi) is 6.56. The Hall–Kier alpha value is -1.92.